The fraction of sp³-hybridized carbons (Fsp3) is 0.647. The molecule has 0 aromatic heterocycles. The Morgan fingerprint density at radius 1 is 1.45 bits per heavy atom. The van der Waals surface area contributed by atoms with Gasteiger partial charge in [0, 0.05) is 16.4 Å². The summed E-state index contributed by atoms with van der Waals surface area (Å²) in [5, 5.41) is 11.6. The summed E-state index contributed by atoms with van der Waals surface area (Å²) in [4.78, 5) is 0. The smallest absolute Gasteiger partial charge is 0.0965 e. The molecule has 4 unspecified atom stereocenters. The minimum atomic E-state index is -0.800. The van der Waals surface area contributed by atoms with E-state index in [1.54, 1.807) is 0 Å². The van der Waals surface area contributed by atoms with Crippen LogP contribution < -0.4 is 5.73 Å². The number of halogens is 1. The lowest BCUT2D eigenvalue weighted by atomic mass is 9.59. The molecule has 2 bridgehead atoms. The van der Waals surface area contributed by atoms with E-state index in [-0.39, 0.29) is 5.41 Å². The van der Waals surface area contributed by atoms with Gasteiger partial charge < -0.3 is 10.8 Å². The third-order valence-electron chi connectivity index (χ3n) is 5.98. The lowest BCUT2D eigenvalue weighted by Crippen LogP contribution is -2.53. The van der Waals surface area contributed by atoms with Gasteiger partial charge in [-0.3, -0.25) is 0 Å². The van der Waals surface area contributed by atoms with Crippen LogP contribution in [-0.2, 0) is 5.60 Å². The summed E-state index contributed by atoms with van der Waals surface area (Å²) in [5.41, 5.74) is 6.31. The van der Waals surface area contributed by atoms with Crippen LogP contribution in [0.4, 0.5) is 0 Å². The summed E-state index contributed by atoms with van der Waals surface area (Å²) in [6, 6.07) is 8.14. The van der Waals surface area contributed by atoms with Crippen molar-refractivity contribution in [1.82, 2.24) is 0 Å². The second-order valence-corrected chi connectivity index (χ2v) is 7.58. The number of hydrogen-bond acceptors (Lipinski definition) is 2. The maximum atomic E-state index is 11.6. The second kappa shape index (κ2) is 5.11. The monoisotopic (exact) mass is 337 g/mol. The zero-order chi connectivity index (χ0) is 14.4. The molecule has 3 N–H and O–H groups in total. The van der Waals surface area contributed by atoms with Gasteiger partial charge >= 0.3 is 0 Å². The van der Waals surface area contributed by atoms with Crippen LogP contribution in [0, 0.1) is 17.3 Å². The summed E-state index contributed by atoms with van der Waals surface area (Å²) in [5.74, 6) is 1.36. The van der Waals surface area contributed by atoms with Crippen LogP contribution in [0.15, 0.2) is 28.7 Å². The van der Waals surface area contributed by atoms with Gasteiger partial charge in [0.05, 0.1) is 5.60 Å². The third kappa shape index (κ3) is 1.90. The summed E-state index contributed by atoms with van der Waals surface area (Å²) in [6.07, 6.45) is 5.63. The van der Waals surface area contributed by atoms with E-state index in [1.807, 2.05) is 12.1 Å². The van der Waals surface area contributed by atoms with E-state index in [9.17, 15) is 5.11 Å². The van der Waals surface area contributed by atoms with Crippen molar-refractivity contribution in [3.8, 4) is 0 Å². The fourth-order valence-electron chi connectivity index (χ4n) is 4.96. The van der Waals surface area contributed by atoms with Gasteiger partial charge in [-0.25, -0.2) is 0 Å². The molecule has 4 atom stereocenters. The van der Waals surface area contributed by atoms with Gasteiger partial charge in [0.2, 0.25) is 0 Å². The van der Waals surface area contributed by atoms with E-state index in [0.29, 0.717) is 12.5 Å². The van der Waals surface area contributed by atoms with E-state index in [0.717, 1.165) is 28.8 Å². The fourth-order valence-corrected chi connectivity index (χ4v) is 5.36. The van der Waals surface area contributed by atoms with Gasteiger partial charge in [-0.15, -0.1) is 0 Å². The van der Waals surface area contributed by atoms with Gasteiger partial charge in [-0.2, -0.15) is 0 Å². The largest absolute Gasteiger partial charge is 0.385 e. The van der Waals surface area contributed by atoms with Crippen LogP contribution in [0.5, 0.6) is 0 Å². The summed E-state index contributed by atoms with van der Waals surface area (Å²) in [6.45, 7) is 2.68. The number of nitrogens with two attached hydrogens (primary N) is 1. The molecule has 1 aromatic rings. The van der Waals surface area contributed by atoms with Crippen molar-refractivity contribution in [3.05, 3.63) is 34.3 Å². The van der Waals surface area contributed by atoms with E-state index < -0.39 is 5.60 Å². The van der Waals surface area contributed by atoms with Crippen LogP contribution in [0.25, 0.3) is 0 Å². The Morgan fingerprint density at radius 2 is 2.25 bits per heavy atom. The molecule has 0 saturated heterocycles. The molecule has 110 valence electrons. The Hall–Kier alpha value is -0.380. The topological polar surface area (TPSA) is 46.2 Å². The van der Waals surface area contributed by atoms with Crippen molar-refractivity contribution in [2.24, 2.45) is 23.0 Å². The Labute approximate surface area is 129 Å². The van der Waals surface area contributed by atoms with Crippen LogP contribution in [0.3, 0.4) is 0 Å². The highest BCUT2D eigenvalue weighted by atomic mass is 79.9. The molecule has 0 aliphatic heterocycles. The lowest BCUT2D eigenvalue weighted by molar-refractivity contribution is -0.119. The maximum Gasteiger partial charge on any atom is 0.0965 e. The molecule has 2 nitrogen and oxygen atoms in total. The van der Waals surface area contributed by atoms with Crippen LogP contribution >= 0.6 is 15.9 Å². The zero-order valence-corrected chi connectivity index (χ0v) is 13.7. The van der Waals surface area contributed by atoms with Crippen LogP contribution in [0.1, 0.15) is 44.6 Å². The second-order valence-electron chi connectivity index (χ2n) is 6.66. The Balaban J connectivity index is 2.07. The van der Waals surface area contributed by atoms with Crippen LogP contribution in [-0.4, -0.2) is 11.7 Å². The molecule has 2 aliphatic rings. The number of aliphatic hydroxyl groups is 1. The first-order valence-electron chi connectivity index (χ1n) is 7.74. The number of fused-ring (bicyclic) bond motifs is 2. The molecule has 0 radical (unpaired) electrons. The average Bonchev–Trinajstić information content (AvgIpc) is 3.07. The van der Waals surface area contributed by atoms with E-state index in [1.165, 1.54) is 19.3 Å². The molecule has 2 aliphatic carbocycles. The van der Waals surface area contributed by atoms with Crippen molar-refractivity contribution in [2.75, 3.05) is 6.54 Å². The molecule has 2 fully saturated rings. The molecule has 0 heterocycles. The zero-order valence-electron chi connectivity index (χ0n) is 12.1. The number of benzene rings is 1. The summed E-state index contributed by atoms with van der Waals surface area (Å²) < 4.78 is 1.03. The van der Waals surface area contributed by atoms with Gasteiger partial charge in [-0.1, -0.05) is 41.4 Å². The Kier molecular flexibility index (Phi) is 3.72. The van der Waals surface area contributed by atoms with Crippen molar-refractivity contribution >= 4 is 15.9 Å². The molecule has 2 saturated carbocycles. The highest BCUT2D eigenvalue weighted by Crippen LogP contribution is 2.63. The molecule has 3 rings (SSSR count). The predicted molar refractivity (Wildman–Crippen MR) is 85.3 cm³/mol. The van der Waals surface area contributed by atoms with Gasteiger partial charge in [-0.05, 0) is 55.2 Å². The molecular weight excluding hydrogens is 314 g/mol. The molecule has 1 aromatic carbocycles. The van der Waals surface area contributed by atoms with Gasteiger partial charge in [0.25, 0.3) is 0 Å². The Morgan fingerprint density at radius 3 is 2.75 bits per heavy atom. The Bertz CT molecular complexity index is 506. The SMILES string of the molecule is CCC(O)(c1cccc(Br)c1)C1(CN)CC2CCC1C2. The molecule has 3 heteroatoms. The van der Waals surface area contributed by atoms with E-state index in [4.69, 9.17) is 5.73 Å². The predicted octanol–water partition coefficient (Wildman–Crippen LogP) is 3.81. The van der Waals surface area contributed by atoms with Crippen molar-refractivity contribution in [3.63, 3.8) is 0 Å². The van der Waals surface area contributed by atoms with E-state index >= 15 is 0 Å². The van der Waals surface area contributed by atoms with Crippen molar-refractivity contribution < 1.29 is 5.11 Å². The number of hydrogen-bond donors (Lipinski definition) is 2. The number of rotatable bonds is 4. The first-order chi connectivity index (χ1) is 9.55. The van der Waals surface area contributed by atoms with Gasteiger partial charge in [0.1, 0.15) is 0 Å². The highest BCUT2D eigenvalue weighted by Gasteiger charge is 2.60. The van der Waals surface area contributed by atoms with Crippen molar-refractivity contribution in [2.45, 2.75) is 44.6 Å². The summed E-state index contributed by atoms with van der Waals surface area (Å²) >= 11 is 3.53. The minimum absolute atomic E-state index is 0.133. The maximum absolute atomic E-state index is 11.6. The highest BCUT2D eigenvalue weighted by molar-refractivity contribution is 9.10. The normalized spacial score (nSPS) is 35.2. The standard InChI is InChI=1S/C17H24BrNO/c1-2-17(20,14-4-3-5-15(18)9-14)16(11-19)10-12-6-7-13(16)8-12/h3-5,9,12-13,20H,2,6-8,10-11,19H2,1H3. The van der Waals surface area contributed by atoms with Gasteiger partial charge in [0.15, 0.2) is 0 Å². The molecule has 0 amide bonds. The first kappa shape index (κ1) is 14.6. The summed E-state index contributed by atoms with van der Waals surface area (Å²) in [7, 11) is 0. The van der Waals surface area contributed by atoms with Crippen LogP contribution in [0.2, 0.25) is 0 Å². The third-order valence-corrected chi connectivity index (χ3v) is 6.47. The first-order valence-corrected chi connectivity index (χ1v) is 8.53. The van der Waals surface area contributed by atoms with E-state index in [2.05, 4.69) is 35.0 Å². The average molecular weight is 338 g/mol. The molecular formula is C17H24BrNO. The lowest BCUT2D eigenvalue weighted by Gasteiger charge is -2.50. The van der Waals surface area contributed by atoms with Crippen molar-refractivity contribution in [1.29, 1.82) is 0 Å². The minimum Gasteiger partial charge on any atom is -0.385 e. The molecule has 20 heavy (non-hydrogen) atoms. The quantitative estimate of drug-likeness (QED) is 0.877. The molecule has 0 spiro atoms.